The van der Waals surface area contributed by atoms with Crippen LogP contribution in [0.5, 0.6) is 5.75 Å². The molecule has 0 atom stereocenters. The Hall–Kier alpha value is -1.07. The van der Waals surface area contributed by atoms with E-state index < -0.39 is 10.1 Å². The predicted molar refractivity (Wildman–Crippen MR) is 158 cm³/mol. The molecule has 0 aliphatic carbocycles. The van der Waals surface area contributed by atoms with Crippen LogP contribution in [0.1, 0.15) is 159 Å². The van der Waals surface area contributed by atoms with E-state index in [1.54, 1.807) is 0 Å². The van der Waals surface area contributed by atoms with E-state index in [1.165, 1.54) is 147 Å². The van der Waals surface area contributed by atoms with E-state index in [1.807, 2.05) is 13.8 Å². The zero-order chi connectivity index (χ0) is 27.2. The molecule has 0 aliphatic heterocycles. The van der Waals surface area contributed by atoms with Gasteiger partial charge < -0.3 is 4.74 Å². The van der Waals surface area contributed by atoms with Crippen LogP contribution < -0.4 is 4.74 Å². The van der Waals surface area contributed by atoms with Gasteiger partial charge in [-0.05, 0) is 43.5 Å². The van der Waals surface area contributed by atoms with Gasteiger partial charge in [-0.2, -0.15) is 8.42 Å². The zero-order valence-corrected chi connectivity index (χ0v) is 25.3. The van der Waals surface area contributed by atoms with Crippen LogP contribution in [0, 0.1) is 13.8 Å². The smallest absolute Gasteiger partial charge is 0.294 e. The molecule has 37 heavy (non-hydrogen) atoms. The third-order valence-corrected chi connectivity index (χ3v) is 8.31. The second kappa shape index (κ2) is 21.8. The van der Waals surface area contributed by atoms with E-state index in [0.29, 0.717) is 6.61 Å². The summed E-state index contributed by atoms with van der Waals surface area (Å²) in [5, 5.41) is 0. The van der Waals surface area contributed by atoms with Crippen LogP contribution in [0.25, 0.3) is 0 Å². The predicted octanol–water partition coefficient (Wildman–Crippen LogP) is 10.5. The summed E-state index contributed by atoms with van der Waals surface area (Å²) in [7, 11) is -4.18. The van der Waals surface area contributed by atoms with Gasteiger partial charge in [0.2, 0.25) is 0 Å². The molecule has 216 valence electrons. The SMILES string of the molecule is CCCCCCCCCCCCCCCCCCCCCCCCOc1c(C)cc(S(=O)(=O)O)cc1C. The highest BCUT2D eigenvalue weighted by Crippen LogP contribution is 2.27. The number of hydrogen-bond acceptors (Lipinski definition) is 3. The Morgan fingerprint density at radius 1 is 0.568 bits per heavy atom. The minimum Gasteiger partial charge on any atom is -0.493 e. The van der Waals surface area contributed by atoms with Gasteiger partial charge in [0.1, 0.15) is 5.75 Å². The molecule has 0 unspecified atom stereocenters. The van der Waals surface area contributed by atoms with Gasteiger partial charge in [-0.25, -0.2) is 0 Å². The number of ether oxygens (including phenoxy) is 1. The highest BCUT2D eigenvalue weighted by Gasteiger charge is 2.14. The van der Waals surface area contributed by atoms with Crippen molar-refractivity contribution in [3.05, 3.63) is 23.3 Å². The molecular formula is C32H58O4S. The average Bonchev–Trinajstić information content (AvgIpc) is 2.85. The number of benzene rings is 1. The second-order valence-corrected chi connectivity index (χ2v) is 12.6. The molecule has 0 amide bonds. The molecule has 1 aromatic carbocycles. The third kappa shape index (κ3) is 18.0. The van der Waals surface area contributed by atoms with E-state index in [-0.39, 0.29) is 4.90 Å². The van der Waals surface area contributed by atoms with Gasteiger partial charge in [0.25, 0.3) is 10.1 Å². The van der Waals surface area contributed by atoms with Crippen LogP contribution in [-0.2, 0) is 10.1 Å². The first-order valence-corrected chi connectivity index (χ1v) is 17.0. The van der Waals surface area contributed by atoms with Crippen molar-refractivity contribution in [2.24, 2.45) is 0 Å². The molecule has 0 radical (unpaired) electrons. The number of rotatable bonds is 25. The summed E-state index contributed by atoms with van der Waals surface area (Å²) in [4.78, 5) is -0.0702. The Labute approximate surface area is 230 Å². The molecule has 5 heteroatoms. The summed E-state index contributed by atoms with van der Waals surface area (Å²) in [5.74, 6) is 0.732. The van der Waals surface area contributed by atoms with Crippen molar-refractivity contribution < 1.29 is 17.7 Å². The van der Waals surface area contributed by atoms with E-state index in [2.05, 4.69) is 6.92 Å². The van der Waals surface area contributed by atoms with Crippen LogP contribution in [0.2, 0.25) is 0 Å². The van der Waals surface area contributed by atoms with E-state index in [9.17, 15) is 13.0 Å². The van der Waals surface area contributed by atoms with Crippen molar-refractivity contribution in [1.82, 2.24) is 0 Å². The molecule has 0 aromatic heterocycles. The molecule has 0 spiro atoms. The first-order valence-electron chi connectivity index (χ1n) is 15.6. The van der Waals surface area contributed by atoms with E-state index >= 15 is 0 Å². The lowest BCUT2D eigenvalue weighted by Crippen LogP contribution is -2.04. The quantitative estimate of drug-likeness (QED) is 0.0993. The lowest BCUT2D eigenvalue weighted by Gasteiger charge is -2.13. The minimum absolute atomic E-state index is 0.0702. The lowest BCUT2D eigenvalue weighted by molar-refractivity contribution is 0.300. The Morgan fingerprint density at radius 2 is 0.865 bits per heavy atom. The third-order valence-electron chi connectivity index (χ3n) is 7.48. The first kappa shape index (κ1) is 34.0. The molecule has 0 saturated heterocycles. The van der Waals surface area contributed by atoms with Gasteiger partial charge in [0, 0.05) is 0 Å². The van der Waals surface area contributed by atoms with Gasteiger partial charge in [0.15, 0.2) is 0 Å². The molecule has 0 saturated carbocycles. The Kier molecular flexibility index (Phi) is 20.0. The van der Waals surface area contributed by atoms with Gasteiger partial charge >= 0.3 is 0 Å². The monoisotopic (exact) mass is 538 g/mol. The highest BCUT2D eigenvalue weighted by atomic mass is 32.2. The zero-order valence-electron chi connectivity index (χ0n) is 24.5. The molecule has 1 aromatic rings. The average molecular weight is 539 g/mol. The number of aryl methyl sites for hydroxylation is 2. The Balaban J connectivity index is 1.84. The van der Waals surface area contributed by atoms with Crippen LogP contribution in [0.15, 0.2) is 17.0 Å². The van der Waals surface area contributed by atoms with Crippen molar-refractivity contribution >= 4 is 10.1 Å². The summed E-state index contributed by atoms with van der Waals surface area (Å²) < 4.78 is 37.8. The minimum atomic E-state index is -4.18. The van der Waals surface area contributed by atoms with Gasteiger partial charge in [-0.3, -0.25) is 4.55 Å². The van der Waals surface area contributed by atoms with Crippen molar-refractivity contribution in [2.75, 3.05) is 6.61 Å². The summed E-state index contributed by atoms with van der Waals surface area (Å²) in [6.07, 6.45) is 30.3. The molecule has 4 nitrogen and oxygen atoms in total. The second-order valence-electron chi connectivity index (χ2n) is 11.1. The molecular weight excluding hydrogens is 480 g/mol. The van der Waals surface area contributed by atoms with E-state index in [0.717, 1.165) is 23.3 Å². The largest absolute Gasteiger partial charge is 0.493 e. The summed E-state index contributed by atoms with van der Waals surface area (Å²) >= 11 is 0. The fourth-order valence-electron chi connectivity index (χ4n) is 5.17. The topological polar surface area (TPSA) is 63.6 Å². The maximum absolute atomic E-state index is 11.3. The maximum Gasteiger partial charge on any atom is 0.294 e. The molecule has 0 fully saturated rings. The normalized spacial score (nSPS) is 11.8. The molecule has 1 N–H and O–H groups in total. The van der Waals surface area contributed by atoms with Crippen LogP contribution in [0.3, 0.4) is 0 Å². The first-order chi connectivity index (χ1) is 17.9. The van der Waals surface area contributed by atoms with Gasteiger partial charge in [-0.1, -0.05) is 142 Å². The van der Waals surface area contributed by atoms with Gasteiger partial charge in [-0.15, -0.1) is 0 Å². The number of unbranched alkanes of at least 4 members (excludes halogenated alkanes) is 21. The summed E-state index contributed by atoms with van der Waals surface area (Å²) in [6.45, 7) is 6.56. The fraction of sp³-hybridized carbons (Fsp3) is 0.812. The van der Waals surface area contributed by atoms with Crippen LogP contribution in [0.4, 0.5) is 0 Å². The molecule has 1 rings (SSSR count). The van der Waals surface area contributed by atoms with Crippen molar-refractivity contribution in [2.45, 2.75) is 167 Å². The van der Waals surface area contributed by atoms with Crippen molar-refractivity contribution in [3.8, 4) is 5.75 Å². The number of hydrogen-bond donors (Lipinski definition) is 1. The summed E-state index contributed by atoms with van der Waals surface area (Å²) in [6, 6.07) is 2.94. The van der Waals surface area contributed by atoms with Crippen LogP contribution in [-0.4, -0.2) is 19.6 Å². The van der Waals surface area contributed by atoms with Crippen LogP contribution >= 0.6 is 0 Å². The maximum atomic E-state index is 11.3. The Morgan fingerprint density at radius 3 is 1.16 bits per heavy atom. The molecule has 0 aliphatic rings. The Bertz CT molecular complexity index is 765. The van der Waals surface area contributed by atoms with Gasteiger partial charge in [0.05, 0.1) is 11.5 Å². The summed E-state index contributed by atoms with van der Waals surface area (Å²) in [5.41, 5.74) is 1.48. The van der Waals surface area contributed by atoms with Crippen molar-refractivity contribution in [1.29, 1.82) is 0 Å². The highest BCUT2D eigenvalue weighted by molar-refractivity contribution is 7.85. The fourth-order valence-corrected chi connectivity index (χ4v) is 5.82. The standard InChI is InChI=1S/C32H58O4S/c1-4-5-6-7-8-9-10-11-12-13-14-15-16-17-18-19-20-21-22-23-24-25-26-36-32-29(2)27-31(28-30(32)3)37(33,34)35/h27-28H,4-26H2,1-3H3,(H,33,34,35). The van der Waals surface area contributed by atoms with Crippen molar-refractivity contribution in [3.63, 3.8) is 0 Å². The van der Waals surface area contributed by atoms with E-state index in [4.69, 9.17) is 4.74 Å². The lowest BCUT2D eigenvalue weighted by atomic mass is 10.0. The molecule has 0 bridgehead atoms. The molecule has 0 heterocycles.